The highest BCUT2D eigenvalue weighted by Crippen LogP contribution is 2.30. The van der Waals surface area contributed by atoms with Gasteiger partial charge in [-0.25, -0.2) is 4.98 Å². The van der Waals surface area contributed by atoms with Crippen LogP contribution < -0.4 is 10.2 Å². The van der Waals surface area contributed by atoms with Gasteiger partial charge in [0.25, 0.3) is 5.91 Å². The maximum absolute atomic E-state index is 12.2. The molecule has 1 heterocycles. The van der Waals surface area contributed by atoms with Crippen LogP contribution in [-0.4, -0.2) is 24.5 Å². The van der Waals surface area contributed by atoms with Gasteiger partial charge in [-0.3, -0.25) is 10.1 Å². The Labute approximate surface area is 128 Å². The van der Waals surface area contributed by atoms with E-state index in [1.807, 2.05) is 31.3 Å². The van der Waals surface area contributed by atoms with Crippen molar-refractivity contribution in [1.29, 1.82) is 0 Å². The van der Waals surface area contributed by atoms with Gasteiger partial charge in [0.05, 0.1) is 5.69 Å². The molecule has 1 aromatic heterocycles. The normalized spacial score (nSPS) is 13.0. The second-order valence-corrected chi connectivity index (χ2v) is 6.34. The fraction of sp³-hybridized carbons (Fsp3) is 0.375. The van der Waals surface area contributed by atoms with Gasteiger partial charge >= 0.3 is 0 Å². The van der Waals surface area contributed by atoms with E-state index in [4.69, 9.17) is 0 Å². The lowest BCUT2D eigenvalue weighted by molar-refractivity contribution is 0.102. The van der Waals surface area contributed by atoms with Gasteiger partial charge in [-0.05, 0) is 50.5 Å². The number of fused-ring (bicyclic) bond motifs is 1. The van der Waals surface area contributed by atoms with E-state index in [0.717, 1.165) is 35.9 Å². The largest absolute Gasteiger partial charge is 0.375 e. The topological polar surface area (TPSA) is 45.2 Å². The third kappa shape index (κ3) is 2.93. The van der Waals surface area contributed by atoms with Gasteiger partial charge in [-0.15, -0.1) is 11.3 Å². The van der Waals surface area contributed by atoms with E-state index in [-0.39, 0.29) is 5.91 Å². The van der Waals surface area contributed by atoms with E-state index >= 15 is 0 Å². The second kappa shape index (κ2) is 5.85. The summed E-state index contributed by atoms with van der Waals surface area (Å²) >= 11 is 1.61. The van der Waals surface area contributed by atoms with Crippen molar-refractivity contribution in [3.8, 4) is 0 Å². The first kappa shape index (κ1) is 14.1. The average Bonchev–Trinajstić information content (AvgIpc) is 3.07. The Balaban J connectivity index is 1.69. The van der Waals surface area contributed by atoms with Gasteiger partial charge in [0.2, 0.25) is 0 Å². The highest BCUT2D eigenvalue weighted by molar-refractivity contribution is 7.15. The molecule has 1 N–H and O–H groups in total. The number of amides is 1. The van der Waals surface area contributed by atoms with Gasteiger partial charge in [-0.2, -0.15) is 0 Å². The molecule has 3 rings (SSSR count). The molecule has 2 aromatic rings. The van der Waals surface area contributed by atoms with Crippen LogP contribution in [0.2, 0.25) is 0 Å². The summed E-state index contributed by atoms with van der Waals surface area (Å²) in [6.45, 7) is 3.04. The van der Waals surface area contributed by atoms with Crippen LogP contribution in [0.25, 0.3) is 0 Å². The molecular weight excluding hydrogens is 282 g/mol. The zero-order valence-corrected chi connectivity index (χ0v) is 13.2. The maximum Gasteiger partial charge on any atom is 0.257 e. The molecule has 1 aliphatic carbocycles. The van der Waals surface area contributed by atoms with Crippen LogP contribution in [0.15, 0.2) is 24.3 Å². The first-order chi connectivity index (χ1) is 10.2. The Morgan fingerprint density at radius 2 is 2.10 bits per heavy atom. The van der Waals surface area contributed by atoms with Gasteiger partial charge < -0.3 is 4.90 Å². The van der Waals surface area contributed by atoms with Crippen molar-refractivity contribution >= 4 is 28.1 Å². The van der Waals surface area contributed by atoms with Crippen LogP contribution in [0, 0.1) is 0 Å². The van der Waals surface area contributed by atoms with Crippen molar-refractivity contribution in [2.45, 2.75) is 26.2 Å². The highest BCUT2D eigenvalue weighted by atomic mass is 32.1. The molecule has 4 nitrogen and oxygen atoms in total. The standard InChI is InChI=1S/C16H19N3OS/c1-3-19(2)12-9-7-11(8-10-12)15(20)18-16-17-13-5-4-6-14(13)21-16/h7-10H,3-6H2,1-2H3,(H,17,18,20). The molecule has 0 saturated carbocycles. The van der Waals surface area contributed by atoms with E-state index in [2.05, 4.69) is 22.1 Å². The van der Waals surface area contributed by atoms with Crippen LogP contribution in [-0.2, 0) is 12.8 Å². The van der Waals surface area contributed by atoms with Crippen LogP contribution >= 0.6 is 11.3 Å². The molecule has 0 saturated heterocycles. The Morgan fingerprint density at radius 3 is 2.76 bits per heavy atom. The Kier molecular flexibility index (Phi) is 3.92. The Hall–Kier alpha value is -1.88. The summed E-state index contributed by atoms with van der Waals surface area (Å²) in [5.41, 5.74) is 2.94. The molecule has 21 heavy (non-hydrogen) atoms. The maximum atomic E-state index is 12.2. The molecule has 1 amide bonds. The fourth-order valence-electron chi connectivity index (χ4n) is 2.46. The lowest BCUT2D eigenvalue weighted by Crippen LogP contribution is -2.16. The Morgan fingerprint density at radius 1 is 1.33 bits per heavy atom. The first-order valence-electron chi connectivity index (χ1n) is 7.28. The minimum atomic E-state index is -0.0897. The number of aromatic nitrogens is 1. The van der Waals surface area contributed by atoms with E-state index in [9.17, 15) is 4.79 Å². The number of rotatable bonds is 4. The molecule has 0 atom stereocenters. The molecule has 0 fully saturated rings. The Bertz CT molecular complexity index is 627. The minimum Gasteiger partial charge on any atom is -0.375 e. The smallest absolute Gasteiger partial charge is 0.257 e. The van der Waals surface area contributed by atoms with E-state index < -0.39 is 0 Å². The van der Waals surface area contributed by atoms with Crippen molar-refractivity contribution in [2.24, 2.45) is 0 Å². The third-order valence-electron chi connectivity index (χ3n) is 3.86. The van der Waals surface area contributed by atoms with Crippen LogP contribution in [0.3, 0.4) is 0 Å². The number of aryl methyl sites for hydroxylation is 2. The lowest BCUT2D eigenvalue weighted by atomic mass is 10.2. The van der Waals surface area contributed by atoms with Crippen LogP contribution in [0.1, 0.15) is 34.3 Å². The first-order valence-corrected chi connectivity index (χ1v) is 8.10. The summed E-state index contributed by atoms with van der Waals surface area (Å²) in [7, 11) is 2.03. The number of carbonyl (C=O) groups excluding carboxylic acids is 1. The fourth-order valence-corrected chi connectivity index (χ4v) is 3.51. The van der Waals surface area contributed by atoms with Gasteiger partial charge in [0, 0.05) is 29.7 Å². The van der Waals surface area contributed by atoms with Crippen molar-refractivity contribution in [3.05, 3.63) is 40.4 Å². The number of thiazole rings is 1. The summed E-state index contributed by atoms with van der Waals surface area (Å²) in [4.78, 5) is 20.2. The van der Waals surface area contributed by atoms with E-state index in [0.29, 0.717) is 5.56 Å². The molecule has 0 spiro atoms. The molecule has 0 bridgehead atoms. The summed E-state index contributed by atoms with van der Waals surface area (Å²) < 4.78 is 0. The predicted octanol–water partition coefficient (Wildman–Crippen LogP) is 3.34. The monoisotopic (exact) mass is 301 g/mol. The van der Waals surface area contributed by atoms with Crippen molar-refractivity contribution in [2.75, 3.05) is 23.8 Å². The quantitative estimate of drug-likeness (QED) is 0.942. The number of hydrogen-bond acceptors (Lipinski definition) is 4. The number of nitrogens with one attached hydrogen (secondary N) is 1. The van der Waals surface area contributed by atoms with Gasteiger partial charge in [0.1, 0.15) is 0 Å². The zero-order valence-electron chi connectivity index (χ0n) is 12.3. The number of benzene rings is 1. The molecule has 0 radical (unpaired) electrons. The van der Waals surface area contributed by atoms with E-state index in [1.165, 1.54) is 11.3 Å². The zero-order chi connectivity index (χ0) is 14.8. The van der Waals surface area contributed by atoms with Crippen molar-refractivity contribution < 1.29 is 4.79 Å². The van der Waals surface area contributed by atoms with Gasteiger partial charge in [0.15, 0.2) is 5.13 Å². The molecule has 5 heteroatoms. The number of anilines is 2. The third-order valence-corrected chi connectivity index (χ3v) is 4.93. The summed E-state index contributed by atoms with van der Waals surface area (Å²) in [6, 6.07) is 7.66. The summed E-state index contributed by atoms with van der Waals surface area (Å²) in [5, 5.41) is 3.63. The summed E-state index contributed by atoms with van der Waals surface area (Å²) in [5.74, 6) is -0.0897. The number of hydrogen-bond donors (Lipinski definition) is 1. The predicted molar refractivity (Wildman–Crippen MR) is 87.5 cm³/mol. The highest BCUT2D eigenvalue weighted by Gasteiger charge is 2.18. The second-order valence-electron chi connectivity index (χ2n) is 5.26. The molecule has 110 valence electrons. The lowest BCUT2D eigenvalue weighted by Gasteiger charge is -2.16. The molecular formula is C16H19N3OS. The number of nitrogens with zero attached hydrogens (tertiary/aromatic N) is 2. The summed E-state index contributed by atoms with van der Waals surface area (Å²) in [6.07, 6.45) is 3.33. The van der Waals surface area contributed by atoms with E-state index in [1.54, 1.807) is 11.3 Å². The molecule has 1 aromatic carbocycles. The molecule has 0 unspecified atom stereocenters. The van der Waals surface area contributed by atoms with Crippen molar-refractivity contribution in [3.63, 3.8) is 0 Å². The molecule has 0 aliphatic heterocycles. The number of carbonyl (C=O) groups is 1. The van der Waals surface area contributed by atoms with Crippen molar-refractivity contribution in [1.82, 2.24) is 4.98 Å². The molecule has 1 aliphatic rings. The van der Waals surface area contributed by atoms with Gasteiger partial charge in [-0.1, -0.05) is 0 Å². The van der Waals surface area contributed by atoms with Crippen LogP contribution in [0.5, 0.6) is 0 Å². The average molecular weight is 301 g/mol. The minimum absolute atomic E-state index is 0.0897. The SMILES string of the molecule is CCN(C)c1ccc(C(=O)Nc2nc3c(s2)CCC3)cc1. The van der Waals surface area contributed by atoms with Crippen LogP contribution in [0.4, 0.5) is 10.8 Å².